The van der Waals surface area contributed by atoms with Crippen LogP contribution in [-0.2, 0) is 0 Å². The Hall–Kier alpha value is -0.590. The van der Waals surface area contributed by atoms with Crippen LogP contribution in [0.1, 0.15) is 33.1 Å². The van der Waals surface area contributed by atoms with Crippen molar-refractivity contribution in [1.29, 1.82) is 5.26 Å². The Morgan fingerprint density at radius 1 is 1.47 bits per heavy atom. The number of nitrogens with one attached hydrogen (secondary N) is 1. The van der Waals surface area contributed by atoms with Gasteiger partial charge in [-0.25, -0.2) is 0 Å². The van der Waals surface area contributed by atoms with Crippen molar-refractivity contribution in [2.24, 2.45) is 5.41 Å². The van der Waals surface area contributed by atoms with Crippen molar-refractivity contribution in [3.05, 3.63) is 0 Å². The minimum atomic E-state index is -0.0176. The fourth-order valence-corrected chi connectivity index (χ4v) is 2.08. The third kappa shape index (κ3) is 3.48. The van der Waals surface area contributed by atoms with E-state index >= 15 is 0 Å². The van der Waals surface area contributed by atoms with Gasteiger partial charge >= 0.3 is 0 Å². The third-order valence-corrected chi connectivity index (χ3v) is 3.86. The average molecular weight is 209 g/mol. The number of piperidine rings is 1. The molecule has 1 N–H and O–H groups in total. The van der Waals surface area contributed by atoms with Crippen LogP contribution in [-0.4, -0.2) is 37.6 Å². The maximum Gasteiger partial charge on any atom is 0.108 e. The van der Waals surface area contributed by atoms with Gasteiger partial charge in [-0.2, -0.15) is 5.26 Å². The predicted octanol–water partition coefficient (Wildman–Crippen LogP) is 1.61. The van der Waals surface area contributed by atoms with Crippen LogP contribution in [0.15, 0.2) is 0 Å². The monoisotopic (exact) mass is 209 g/mol. The second-order valence-corrected chi connectivity index (χ2v) is 4.94. The van der Waals surface area contributed by atoms with Crippen LogP contribution in [0.5, 0.6) is 0 Å². The SMILES string of the molecule is CCC1(C)CCN(CC(C#N)NC)CC1. The molecule has 0 bridgehead atoms. The van der Waals surface area contributed by atoms with Crippen LogP contribution >= 0.6 is 0 Å². The highest BCUT2D eigenvalue weighted by Crippen LogP contribution is 2.33. The molecular formula is C12H23N3. The second-order valence-electron chi connectivity index (χ2n) is 4.94. The van der Waals surface area contributed by atoms with E-state index in [1.54, 1.807) is 0 Å². The molecule has 0 aliphatic carbocycles. The lowest BCUT2D eigenvalue weighted by Crippen LogP contribution is -2.44. The summed E-state index contributed by atoms with van der Waals surface area (Å²) in [6.45, 7) is 7.81. The molecule has 0 saturated carbocycles. The van der Waals surface area contributed by atoms with Gasteiger partial charge in [0, 0.05) is 6.54 Å². The molecule has 0 spiro atoms. The first kappa shape index (κ1) is 12.5. The van der Waals surface area contributed by atoms with Gasteiger partial charge in [0.15, 0.2) is 0 Å². The highest BCUT2D eigenvalue weighted by atomic mass is 15.2. The van der Waals surface area contributed by atoms with Crippen molar-refractivity contribution in [2.45, 2.75) is 39.2 Å². The topological polar surface area (TPSA) is 39.1 Å². The van der Waals surface area contributed by atoms with Gasteiger partial charge in [0.2, 0.25) is 0 Å². The van der Waals surface area contributed by atoms with Crippen LogP contribution in [0, 0.1) is 16.7 Å². The maximum absolute atomic E-state index is 8.87. The lowest BCUT2D eigenvalue weighted by Gasteiger charge is -2.39. The molecule has 0 radical (unpaired) electrons. The molecule has 1 atom stereocenters. The summed E-state index contributed by atoms with van der Waals surface area (Å²) in [5, 5.41) is 11.9. The minimum Gasteiger partial charge on any atom is -0.304 e. The molecule has 1 aliphatic rings. The number of hydrogen-bond acceptors (Lipinski definition) is 3. The van der Waals surface area contributed by atoms with Crippen LogP contribution < -0.4 is 5.32 Å². The maximum atomic E-state index is 8.87. The Bertz CT molecular complexity index is 224. The summed E-state index contributed by atoms with van der Waals surface area (Å²) in [5.41, 5.74) is 0.540. The van der Waals surface area contributed by atoms with Crippen molar-refractivity contribution >= 4 is 0 Å². The quantitative estimate of drug-likeness (QED) is 0.764. The molecule has 3 heteroatoms. The predicted molar refractivity (Wildman–Crippen MR) is 62.5 cm³/mol. The smallest absolute Gasteiger partial charge is 0.108 e. The Balaban J connectivity index is 2.35. The van der Waals surface area contributed by atoms with E-state index in [-0.39, 0.29) is 6.04 Å². The molecule has 0 aromatic carbocycles. The van der Waals surface area contributed by atoms with Crippen LogP contribution in [0.4, 0.5) is 0 Å². The van der Waals surface area contributed by atoms with E-state index in [0.29, 0.717) is 5.41 Å². The summed E-state index contributed by atoms with van der Waals surface area (Å²) >= 11 is 0. The Morgan fingerprint density at radius 3 is 2.47 bits per heavy atom. The van der Waals surface area contributed by atoms with E-state index in [9.17, 15) is 0 Å². The molecule has 0 aromatic rings. The van der Waals surface area contributed by atoms with E-state index in [0.717, 1.165) is 19.6 Å². The zero-order valence-corrected chi connectivity index (χ0v) is 10.2. The second kappa shape index (κ2) is 5.48. The van der Waals surface area contributed by atoms with Crippen molar-refractivity contribution < 1.29 is 0 Å². The van der Waals surface area contributed by atoms with E-state index in [2.05, 4.69) is 30.1 Å². The van der Waals surface area contributed by atoms with Gasteiger partial charge in [-0.05, 0) is 38.4 Å². The van der Waals surface area contributed by atoms with Crippen LogP contribution in [0.2, 0.25) is 0 Å². The number of hydrogen-bond donors (Lipinski definition) is 1. The van der Waals surface area contributed by atoms with Gasteiger partial charge in [0.1, 0.15) is 6.04 Å². The first-order valence-corrected chi connectivity index (χ1v) is 5.93. The summed E-state index contributed by atoms with van der Waals surface area (Å²) in [5.74, 6) is 0. The average Bonchev–Trinajstić information content (AvgIpc) is 2.28. The number of rotatable bonds is 4. The molecule has 15 heavy (non-hydrogen) atoms. The van der Waals surface area contributed by atoms with Crippen molar-refractivity contribution in [3.8, 4) is 6.07 Å². The van der Waals surface area contributed by atoms with Crippen LogP contribution in [0.25, 0.3) is 0 Å². The molecule has 1 aliphatic heterocycles. The molecule has 0 aromatic heterocycles. The molecule has 86 valence electrons. The van der Waals surface area contributed by atoms with E-state index in [1.165, 1.54) is 19.3 Å². The van der Waals surface area contributed by atoms with Gasteiger partial charge in [0.25, 0.3) is 0 Å². The van der Waals surface area contributed by atoms with Crippen molar-refractivity contribution in [2.75, 3.05) is 26.7 Å². The van der Waals surface area contributed by atoms with E-state index in [4.69, 9.17) is 5.26 Å². The summed E-state index contributed by atoms with van der Waals surface area (Å²) in [7, 11) is 1.86. The van der Waals surface area contributed by atoms with E-state index < -0.39 is 0 Å². The first-order valence-electron chi connectivity index (χ1n) is 5.93. The number of likely N-dealkylation sites (N-methyl/N-ethyl adjacent to an activating group) is 1. The summed E-state index contributed by atoms with van der Waals surface area (Å²) in [6, 6.07) is 2.26. The third-order valence-electron chi connectivity index (χ3n) is 3.86. The minimum absolute atomic E-state index is 0.0176. The molecule has 1 fully saturated rings. The largest absolute Gasteiger partial charge is 0.304 e. The van der Waals surface area contributed by atoms with Gasteiger partial charge in [0.05, 0.1) is 6.07 Å². The van der Waals surface area contributed by atoms with Gasteiger partial charge in [-0.15, -0.1) is 0 Å². The Morgan fingerprint density at radius 2 is 2.07 bits per heavy atom. The number of likely N-dealkylation sites (tertiary alicyclic amines) is 1. The molecule has 1 unspecified atom stereocenters. The lowest BCUT2D eigenvalue weighted by molar-refractivity contribution is 0.111. The van der Waals surface area contributed by atoms with Gasteiger partial charge < -0.3 is 10.2 Å². The first-order chi connectivity index (χ1) is 7.13. The highest BCUT2D eigenvalue weighted by molar-refractivity contribution is 4.92. The van der Waals surface area contributed by atoms with Gasteiger partial charge in [-0.3, -0.25) is 0 Å². The normalized spacial score (nSPS) is 23.3. The molecule has 1 saturated heterocycles. The Labute approximate surface area is 93.5 Å². The fourth-order valence-electron chi connectivity index (χ4n) is 2.08. The fraction of sp³-hybridized carbons (Fsp3) is 0.917. The molecule has 0 amide bonds. The summed E-state index contributed by atoms with van der Waals surface area (Å²) < 4.78 is 0. The summed E-state index contributed by atoms with van der Waals surface area (Å²) in [4.78, 5) is 2.40. The Kier molecular flexibility index (Phi) is 4.56. The van der Waals surface area contributed by atoms with Crippen molar-refractivity contribution in [1.82, 2.24) is 10.2 Å². The van der Waals surface area contributed by atoms with Crippen molar-refractivity contribution in [3.63, 3.8) is 0 Å². The van der Waals surface area contributed by atoms with Crippen LogP contribution in [0.3, 0.4) is 0 Å². The highest BCUT2D eigenvalue weighted by Gasteiger charge is 2.28. The molecule has 1 rings (SSSR count). The molecule has 3 nitrogen and oxygen atoms in total. The molecule has 1 heterocycles. The number of nitrogens with zero attached hydrogens (tertiary/aromatic N) is 2. The zero-order chi connectivity index (χ0) is 11.3. The van der Waals surface area contributed by atoms with E-state index in [1.807, 2.05) is 7.05 Å². The molecular weight excluding hydrogens is 186 g/mol. The zero-order valence-electron chi connectivity index (χ0n) is 10.2. The van der Waals surface area contributed by atoms with Gasteiger partial charge in [-0.1, -0.05) is 20.3 Å². The summed E-state index contributed by atoms with van der Waals surface area (Å²) in [6.07, 6.45) is 3.81. The standard InChI is InChI=1S/C12H23N3/c1-4-12(2)5-7-15(8-6-12)10-11(9-13)14-3/h11,14H,4-8,10H2,1-3H3. The number of nitriles is 1. The lowest BCUT2D eigenvalue weighted by atomic mass is 9.78.